The van der Waals surface area contributed by atoms with E-state index in [0.29, 0.717) is 33.4 Å². The van der Waals surface area contributed by atoms with Crippen LogP contribution < -0.4 is 5.32 Å². The number of furan rings is 1. The van der Waals surface area contributed by atoms with Crippen molar-refractivity contribution in [2.45, 2.75) is 6.61 Å². The van der Waals surface area contributed by atoms with E-state index in [9.17, 15) is 4.79 Å². The molecule has 1 aromatic heterocycles. The first-order chi connectivity index (χ1) is 11.2. The van der Waals surface area contributed by atoms with Gasteiger partial charge in [0.25, 0.3) is 5.91 Å². The molecule has 1 amide bonds. The first-order valence-corrected chi connectivity index (χ1v) is 7.41. The molecule has 5 heteroatoms. The number of nitrogens with one attached hydrogen (secondary N) is 1. The maximum absolute atomic E-state index is 12.1. The van der Waals surface area contributed by atoms with Gasteiger partial charge in [-0.2, -0.15) is 0 Å². The number of halogens is 1. The molecule has 0 atom stereocenters. The van der Waals surface area contributed by atoms with Crippen LogP contribution in [0, 0.1) is 0 Å². The van der Waals surface area contributed by atoms with Crippen molar-refractivity contribution in [3.05, 3.63) is 77.0 Å². The fraction of sp³-hybridized carbons (Fsp3) is 0.0556. The van der Waals surface area contributed by atoms with Gasteiger partial charge in [0.05, 0.1) is 5.02 Å². The van der Waals surface area contributed by atoms with Gasteiger partial charge >= 0.3 is 0 Å². The molecular weight excluding hydrogens is 314 g/mol. The van der Waals surface area contributed by atoms with E-state index < -0.39 is 0 Å². The van der Waals surface area contributed by atoms with Crippen LogP contribution in [0.2, 0.25) is 5.02 Å². The van der Waals surface area contributed by atoms with E-state index >= 15 is 0 Å². The van der Waals surface area contributed by atoms with Gasteiger partial charge in [-0.1, -0.05) is 29.8 Å². The van der Waals surface area contributed by atoms with Crippen molar-refractivity contribution in [1.82, 2.24) is 0 Å². The lowest BCUT2D eigenvalue weighted by Crippen LogP contribution is -2.11. The quantitative estimate of drug-likeness (QED) is 0.749. The zero-order valence-electron chi connectivity index (χ0n) is 12.1. The second kappa shape index (κ2) is 6.69. The Balaban J connectivity index is 1.80. The molecule has 0 aliphatic heterocycles. The molecule has 0 aliphatic carbocycles. The first kappa shape index (κ1) is 15.3. The van der Waals surface area contributed by atoms with Crippen LogP contribution >= 0.6 is 11.6 Å². The molecule has 4 nitrogen and oxygen atoms in total. The van der Waals surface area contributed by atoms with Gasteiger partial charge in [-0.3, -0.25) is 4.79 Å². The van der Waals surface area contributed by atoms with Gasteiger partial charge in [-0.15, -0.1) is 0 Å². The first-order valence-electron chi connectivity index (χ1n) is 7.03. The summed E-state index contributed by atoms with van der Waals surface area (Å²) in [5.74, 6) is 0.840. The highest BCUT2D eigenvalue weighted by Gasteiger charge is 2.11. The number of benzene rings is 2. The summed E-state index contributed by atoms with van der Waals surface area (Å²) >= 11 is 6.27. The van der Waals surface area contributed by atoms with Crippen LogP contribution in [-0.4, -0.2) is 11.0 Å². The van der Waals surface area contributed by atoms with Crippen molar-refractivity contribution in [2.75, 3.05) is 5.32 Å². The molecule has 3 aromatic rings. The summed E-state index contributed by atoms with van der Waals surface area (Å²) in [4.78, 5) is 12.1. The number of rotatable bonds is 4. The Morgan fingerprint density at radius 3 is 2.52 bits per heavy atom. The number of hydrogen-bond donors (Lipinski definition) is 2. The predicted molar refractivity (Wildman–Crippen MR) is 89.5 cm³/mol. The van der Waals surface area contributed by atoms with Gasteiger partial charge in [0.2, 0.25) is 0 Å². The smallest absolute Gasteiger partial charge is 0.255 e. The van der Waals surface area contributed by atoms with Crippen molar-refractivity contribution >= 4 is 23.2 Å². The van der Waals surface area contributed by atoms with E-state index in [-0.39, 0.29) is 12.5 Å². The third-order valence-electron chi connectivity index (χ3n) is 3.35. The number of carbonyl (C=O) groups is 1. The maximum atomic E-state index is 12.1. The number of carbonyl (C=O) groups excluding carboxylic acids is 1. The van der Waals surface area contributed by atoms with Crippen LogP contribution in [0.3, 0.4) is 0 Å². The van der Waals surface area contributed by atoms with Crippen LogP contribution in [0.5, 0.6) is 0 Å². The van der Waals surface area contributed by atoms with Gasteiger partial charge in [0.15, 0.2) is 0 Å². The molecule has 0 fully saturated rings. The summed E-state index contributed by atoms with van der Waals surface area (Å²) in [6.45, 7) is -0.164. The largest absolute Gasteiger partial charge is 0.459 e. The topological polar surface area (TPSA) is 62.5 Å². The predicted octanol–water partition coefficient (Wildman–Crippen LogP) is 4.34. The van der Waals surface area contributed by atoms with Crippen LogP contribution in [0.4, 0.5) is 5.69 Å². The van der Waals surface area contributed by atoms with Crippen molar-refractivity contribution in [3.8, 4) is 11.3 Å². The van der Waals surface area contributed by atoms with Gasteiger partial charge in [-0.25, -0.2) is 0 Å². The van der Waals surface area contributed by atoms with Crippen LogP contribution in [0.15, 0.2) is 65.1 Å². The van der Waals surface area contributed by atoms with Gasteiger partial charge in [0.1, 0.15) is 18.1 Å². The number of hydrogen-bond acceptors (Lipinski definition) is 3. The molecule has 3 rings (SSSR count). The van der Waals surface area contributed by atoms with Crippen LogP contribution in [0.1, 0.15) is 16.1 Å². The summed E-state index contributed by atoms with van der Waals surface area (Å²) in [5, 5.41) is 12.3. The maximum Gasteiger partial charge on any atom is 0.255 e. The molecule has 0 aliphatic rings. The molecule has 1 heterocycles. The van der Waals surface area contributed by atoms with E-state index in [4.69, 9.17) is 21.1 Å². The van der Waals surface area contributed by atoms with Gasteiger partial charge in [-0.05, 0) is 42.5 Å². The number of anilines is 1. The molecule has 0 unspecified atom stereocenters. The SMILES string of the molecule is O=C(Nc1ccc(-c2ccc(CO)o2)c(Cl)c1)c1ccccc1. The second-order valence-electron chi connectivity index (χ2n) is 4.94. The summed E-state index contributed by atoms with van der Waals surface area (Å²) in [5.41, 5.74) is 1.87. The van der Waals surface area contributed by atoms with E-state index in [0.717, 1.165) is 0 Å². The Bertz CT molecular complexity index is 827. The highest BCUT2D eigenvalue weighted by Crippen LogP contribution is 2.31. The Kier molecular flexibility index (Phi) is 4.46. The number of amides is 1. The lowest BCUT2D eigenvalue weighted by atomic mass is 10.1. The highest BCUT2D eigenvalue weighted by atomic mass is 35.5. The Morgan fingerprint density at radius 2 is 1.87 bits per heavy atom. The van der Waals surface area contributed by atoms with Crippen molar-refractivity contribution in [1.29, 1.82) is 0 Å². The fourth-order valence-electron chi connectivity index (χ4n) is 2.19. The Morgan fingerprint density at radius 1 is 1.09 bits per heavy atom. The number of aliphatic hydroxyl groups is 1. The molecule has 0 spiro atoms. The average molecular weight is 328 g/mol. The standard InChI is InChI=1S/C18H14ClNO3/c19-16-10-13(20-18(22)12-4-2-1-3-5-12)6-8-15(16)17-9-7-14(11-21)23-17/h1-10,21H,11H2,(H,20,22). The third-order valence-corrected chi connectivity index (χ3v) is 3.66. The highest BCUT2D eigenvalue weighted by molar-refractivity contribution is 6.33. The molecule has 0 bridgehead atoms. The molecule has 116 valence electrons. The Labute approximate surface area is 138 Å². The van der Waals surface area contributed by atoms with Crippen molar-refractivity contribution in [3.63, 3.8) is 0 Å². The summed E-state index contributed by atoms with van der Waals surface area (Å²) < 4.78 is 5.47. The third kappa shape index (κ3) is 3.44. The minimum absolute atomic E-state index is 0.164. The van der Waals surface area contributed by atoms with Gasteiger partial charge in [0, 0.05) is 16.8 Å². The molecule has 2 N–H and O–H groups in total. The zero-order chi connectivity index (χ0) is 16.2. The fourth-order valence-corrected chi connectivity index (χ4v) is 2.47. The van der Waals surface area contributed by atoms with Gasteiger partial charge < -0.3 is 14.8 Å². The average Bonchev–Trinajstić information content (AvgIpc) is 3.04. The minimum atomic E-state index is -0.199. The van der Waals surface area contributed by atoms with Crippen molar-refractivity contribution in [2.24, 2.45) is 0 Å². The molecular formula is C18H14ClNO3. The zero-order valence-corrected chi connectivity index (χ0v) is 12.9. The molecule has 0 saturated heterocycles. The normalized spacial score (nSPS) is 10.5. The molecule has 23 heavy (non-hydrogen) atoms. The monoisotopic (exact) mass is 327 g/mol. The molecule has 0 saturated carbocycles. The molecule has 2 aromatic carbocycles. The van der Waals surface area contributed by atoms with Crippen LogP contribution in [0.25, 0.3) is 11.3 Å². The lowest BCUT2D eigenvalue weighted by Gasteiger charge is -2.08. The van der Waals surface area contributed by atoms with E-state index in [1.807, 2.05) is 6.07 Å². The van der Waals surface area contributed by atoms with E-state index in [1.165, 1.54) is 0 Å². The number of aliphatic hydroxyl groups excluding tert-OH is 1. The second-order valence-corrected chi connectivity index (χ2v) is 5.35. The van der Waals surface area contributed by atoms with E-state index in [1.54, 1.807) is 54.6 Å². The van der Waals surface area contributed by atoms with Crippen molar-refractivity contribution < 1.29 is 14.3 Å². The molecule has 0 radical (unpaired) electrons. The minimum Gasteiger partial charge on any atom is -0.459 e. The van der Waals surface area contributed by atoms with E-state index in [2.05, 4.69) is 5.32 Å². The summed E-state index contributed by atoms with van der Waals surface area (Å²) in [6, 6.07) is 17.6. The lowest BCUT2D eigenvalue weighted by molar-refractivity contribution is 0.102. The van der Waals surface area contributed by atoms with Crippen LogP contribution in [-0.2, 0) is 6.61 Å². The summed E-state index contributed by atoms with van der Waals surface area (Å²) in [6.07, 6.45) is 0. The summed E-state index contributed by atoms with van der Waals surface area (Å²) in [7, 11) is 0. The Hall–Kier alpha value is -2.56.